The molecule has 46 heavy (non-hydrogen) atoms. The second-order valence-electron chi connectivity index (χ2n) is 9.34. The molecule has 254 valence electrons. The first-order chi connectivity index (χ1) is 21.3. The van der Waals surface area contributed by atoms with Crippen LogP contribution in [0.2, 0.25) is 0 Å². The Hall–Kier alpha value is -5.10. The number of amidine groups is 1. The lowest BCUT2D eigenvalue weighted by molar-refractivity contribution is -0.193. The largest absolute Gasteiger partial charge is 0.491 e. The summed E-state index contributed by atoms with van der Waals surface area (Å²) in [5.41, 5.74) is 7.91. The van der Waals surface area contributed by atoms with Gasteiger partial charge in [0.25, 0.3) is 0 Å². The summed E-state index contributed by atoms with van der Waals surface area (Å²) in [6.07, 6.45) is -4.76. The van der Waals surface area contributed by atoms with Gasteiger partial charge in [0.15, 0.2) is 0 Å². The highest BCUT2D eigenvalue weighted by Gasteiger charge is 2.38. The van der Waals surface area contributed by atoms with Gasteiger partial charge in [0.1, 0.15) is 18.2 Å². The fraction of sp³-hybridized carbons (Fsp3) is 0.407. The van der Waals surface area contributed by atoms with Crippen molar-refractivity contribution < 1.29 is 65.6 Å². The molecule has 0 unspecified atom stereocenters. The van der Waals surface area contributed by atoms with E-state index in [-0.39, 0.29) is 30.7 Å². The van der Waals surface area contributed by atoms with Crippen molar-refractivity contribution in [2.24, 2.45) is 11.7 Å². The van der Waals surface area contributed by atoms with Gasteiger partial charge in [0.05, 0.1) is 6.54 Å². The van der Waals surface area contributed by atoms with Crippen LogP contribution in [0.5, 0.6) is 5.75 Å². The van der Waals surface area contributed by atoms with Gasteiger partial charge < -0.3 is 36.0 Å². The maximum atomic E-state index is 12.5. The summed E-state index contributed by atoms with van der Waals surface area (Å²) in [5, 5.41) is 33.7. The molecule has 1 amide bonds. The van der Waals surface area contributed by atoms with E-state index in [1.165, 1.54) is 0 Å². The number of ether oxygens (including phenoxy) is 1. The average molecular weight is 668 g/mol. The molecular formula is C27H31F6N5O8. The summed E-state index contributed by atoms with van der Waals surface area (Å²) < 4.78 is 69.3. The van der Waals surface area contributed by atoms with Crippen molar-refractivity contribution >= 4 is 35.3 Å². The number of halogens is 6. The van der Waals surface area contributed by atoms with Crippen LogP contribution in [0.15, 0.2) is 42.7 Å². The van der Waals surface area contributed by atoms with E-state index in [0.717, 1.165) is 37.2 Å². The molecule has 0 radical (unpaired) electrons. The predicted octanol–water partition coefficient (Wildman–Crippen LogP) is 3.06. The molecule has 2 aromatic rings. The predicted molar refractivity (Wildman–Crippen MR) is 148 cm³/mol. The molecule has 0 atom stereocenters. The van der Waals surface area contributed by atoms with Crippen molar-refractivity contribution in [1.29, 1.82) is 5.41 Å². The third-order valence-corrected chi connectivity index (χ3v) is 6.02. The molecule has 1 aromatic heterocycles. The van der Waals surface area contributed by atoms with Crippen molar-refractivity contribution in [3.05, 3.63) is 53.9 Å². The van der Waals surface area contributed by atoms with Gasteiger partial charge >= 0.3 is 30.3 Å². The van der Waals surface area contributed by atoms with Crippen LogP contribution in [0.1, 0.15) is 30.4 Å². The highest BCUT2D eigenvalue weighted by molar-refractivity contribution is 5.95. The zero-order valence-corrected chi connectivity index (χ0v) is 23.9. The number of nitrogen functional groups attached to an aromatic ring is 1. The number of nitrogens with zero attached hydrogens (tertiary/aromatic N) is 2. The quantitative estimate of drug-likeness (QED) is 0.0937. The van der Waals surface area contributed by atoms with Crippen molar-refractivity contribution in [3.8, 4) is 5.75 Å². The first-order valence-corrected chi connectivity index (χ1v) is 13.2. The molecule has 0 bridgehead atoms. The van der Waals surface area contributed by atoms with E-state index in [1.807, 2.05) is 12.1 Å². The van der Waals surface area contributed by atoms with Crippen LogP contribution in [0, 0.1) is 11.3 Å². The summed E-state index contributed by atoms with van der Waals surface area (Å²) >= 11 is 0. The molecule has 0 aliphatic carbocycles. The fourth-order valence-electron chi connectivity index (χ4n) is 3.74. The molecule has 2 heterocycles. The van der Waals surface area contributed by atoms with E-state index in [4.69, 9.17) is 40.8 Å². The second-order valence-corrected chi connectivity index (χ2v) is 9.34. The molecule has 7 N–H and O–H groups in total. The lowest BCUT2D eigenvalue weighted by atomic mass is 9.95. The topological polar surface area (TPSA) is 216 Å². The maximum Gasteiger partial charge on any atom is 0.490 e. The van der Waals surface area contributed by atoms with Gasteiger partial charge in [-0.15, -0.1) is 0 Å². The van der Waals surface area contributed by atoms with Crippen LogP contribution in [0.4, 0.5) is 32.0 Å². The molecule has 0 saturated carbocycles. The number of anilines is 1. The van der Waals surface area contributed by atoms with Crippen LogP contribution >= 0.6 is 0 Å². The van der Waals surface area contributed by atoms with Crippen molar-refractivity contribution in [2.75, 3.05) is 31.1 Å². The fourth-order valence-corrected chi connectivity index (χ4v) is 3.74. The zero-order valence-electron chi connectivity index (χ0n) is 23.9. The van der Waals surface area contributed by atoms with Crippen molar-refractivity contribution in [3.63, 3.8) is 0 Å². The lowest BCUT2D eigenvalue weighted by Crippen LogP contribution is -2.41. The number of nitrogens with one attached hydrogen (secondary N) is 2. The Morgan fingerprint density at radius 1 is 0.957 bits per heavy atom. The number of aromatic nitrogens is 1. The molecule has 1 aliphatic heterocycles. The molecule has 1 aliphatic rings. The highest BCUT2D eigenvalue weighted by atomic mass is 19.4. The Morgan fingerprint density at radius 2 is 1.48 bits per heavy atom. The first kappa shape index (κ1) is 38.9. The number of aryl methyl sites for hydroxylation is 1. The van der Waals surface area contributed by atoms with Crippen LogP contribution in [0.25, 0.3) is 0 Å². The number of amides is 1. The number of carboxylic acid groups (broad SMARTS) is 3. The minimum absolute atomic E-state index is 0.0200. The number of carbonyl (C=O) groups is 4. The van der Waals surface area contributed by atoms with Gasteiger partial charge in [-0.25, -0.2) is 9.59 Å². The smallest absolute Gasteiger partial charge is 0.490 e. The lowest BCUT2D eigenvalue weighted by Gasteiger charge is -2.32. The normalized spacial score (nSPS) is 13.2. The van der Waals surface area contributed by atoms with Crippen LogP contribution in [-0.4, -0.2) is 88.5 Å². The minimum Gasteiger partial charge on any atom is -0.491 e. The molecule has 13 nitrogen and oxygen atoms in total. The number of aliphatic carboxylic acids is 3. The van der Waals surface area contributed by atoms with Crippen LogP contribution in [-0.2, 0) is 25.6 Å². The Balaban J connectivity index is 0.000000629. The SMILES string of the molecule is N=C(N)c1ccc(CCC(=O)O)c(OCCNC(=O)C2CCN(c3ccncc3)CC2)c1.O=C(O)C(F)(F)F.O=C(O)C(F)(F)F. The standard InChI is InChI=1S/C23H29N5O4.2C2HF3O2/c24-22(25)18-2-1-16(3-4-21(29)30)20(15-18)32-14-11-27-23(31)17-7-12-28(13-8-17)19-5-9-26-10-6-19;2*3-2(4,5)1(6)7/h1-2,5-6,9-10,15,17H,3-4,7-8,11-14H2,(H3,24,25)(H,27,31)(H,29,30);2*(H,6,7). The van der Waals surface area contributed by atoms with Crippen LogP contribution in [0.3, 0.4) is 0 Å². The van der Waals surface area contributed by atoms with E-state index in [0.29, 0.717) is 24.3 Å². The maximum absolute atomic E-state index is 12.5. The molecule has 1 saturated heterocycles. The van der Waals surface area contributed by atoms with Gasteiger partial charge in [0, 0.05) is 49.1 Å². The van der Waals surface area contributed by atoms with Gasteiger partial charge in [-0.1, -0.05) is 12.1 Å². The van der Waals surface area contributed by atoms with E-state index >= 15 is 0 Å². The summed E-state index contributed by atoms with van der Waals surface area (Å²) in [6, 6.07) is 8.99. The van der Waals surface area contributed by atoms with E-state index in [1.54, 1.807) is 30.6 Å². The highest BCUT2D eigenvalue weighted by Crippen LogP contribution is 2.24. The molecule has 3 rings (SSSR count). The summed E-state index contributed by atoms with van der Waals surface area (Å²) in [6.45, 7) is 2.22. The number of carbonyl (C=O) groups excluding carboxylic acids is 1. The van der Waals surface area contributed by atoms with Crippen LogP contribution < -0.4 is 20.7 Å². The average Bonchev–Trinajstić information content (AvgIpc) is 2.98. The van der Waals surface area contributed by atoms with Gasteiger partial charge in [-0.05, 0) is 43.0 Å². The number of rotatable bonds is 10. The summed E-state index contributed by atoms with van der Waals surface area (Å²) in [7, 11) is 0. The number of hydrogen-bond acceptors (Lipinski definition) is 8. The molecule has 0 spiro atoms. The first-order valence-electron chi connectivity index (χ1n) is 13.2. The van der Waals surface area contributed by atoms with E-state index in [9.17, 15) is 35.9 Å². The zero-order chi connectivity index (χ0) is 35.1. The number of hydrogen-bond donors (Lipinski definition) is 6. The Bertz CT molecular complexity index is 1310. The van der Waals surface area contributed by atoms with Gasteiger partial charge in [-0.2, -0.15) is 26.3 Å². The van der Waals surface area contributed by atoms with E-state index < -0.39 is 30.3 Å². The second kappa shape index (κ2) is 18.0. The third kappa shape index (κ3) is 14.6. The summed E-state index contributed by atoms with van der Waals surface area (Å²) in [4.78, 5) is 47.5. The summed E-state index contributed by atoms with van der Waals surface area (Å²) in [5.74, 6) is -6.02. The number of alkyl halides is 6. The van der Waals surface area contributed by atoms with Crippen molar-refractivity contribution in [2.45, 2.75) is 38.0 Å². The number of pyridine rings is 1. The Kier molecular flexibility index (Phi) is 15.2. The third-order valence-electron chi connectivity index (χ3n) is 6.02. The number of benzene rings is 1. The Morgan fingerprint density at radius 3 is 1.93 bits per heavy atom. The van der Waals surface area contributed by atoms with Gasteiger partial charge in [0.2, 0.25) is 5.91 Å². The Labute approximate surface area is 257 Å². The van der Waals surface area contributed by atoms with Gasteiger partial charge in [-0.3, -0.25) is 20.0 Å². The van der Waals surface area contributed by atoms with Crippen molar-refractivity contribution in [1.82, 2.24) is 10.3 Å². The number of piperidine rings is 1. The molecular weight excluding hydrogens is 636 g/mol. The molecule has 1 fully saturated rings. The molecule has 1 aromatic carbocycles. The van der Waals surface area contributed by atoms with E-state index in [2.05, 4.69) is 15.2 Å². The minimum atomic E-state index is -5.08. The number of carboxylic acids is 3. The number of nitrogens with two attached hydrogens (primary N) is 1. The molecule has 19 heteroatoms. The monoisotopic (exact) mass is 667 g/mol.